The van der Waals surface area contributed by atoms with Crippen LogP contribution in [0.4, 0.5) is 5.69 Å². The van der Waals surface area contributed by atoms with E-state index < -0.39 is 0 Å². The fourth-order valence-electron chi connectivity index (χ4n) is 3.94. The summed E-state index contributed by atoms with van der Waals surface area (Å²) in [4.78, 5) is 29.6. The third kappa shape index (κ3) is 3.60. The number of rotatable bonds is 5. The highest BCUT2D eigenvalue weighted by Crippen LogP contribution is 2.28. The van der Waals surface area contributed by atoms with Crippen molar-refractivity contribution in [3.63, 3.8) is 0 Å². The van der Waals surface area contributed by atoms with Crippen molar-refractivity contribution in [2.24, 2.45) is 7.05 Å². The number of hydrogen-bond acceptors (Lipinski definition) is 4. The van der Waals surface area contributed by atoms with Gasteiger partial charge in [-0.05, 0) is 31.2 Å². The SMILES string of the molecule is CCOc1ccccc1N1CCN(C(=O)Cn2c(=O)n(C)c3ccccc32)CC1. The maximum absolute atomic E-state index is 12.9. The molecule has 1 fully saturated rings. The van der Waals surface area contributed by atoms with Crippen LogP contribution in [-0.2, 0) is 18.4 Å². The van der Waals surface area contributed by atoms with Gasteiger partial charge in [0.2, 0.25) is 5.91 Å². The number of fused-ring (bicyclic) bond motifs is 1. The van der Waals surface area contributed by atoms with Crippen molar-refractivity contribution in [2.75, 3.05) is 37.7 Å². The first-order valence-electron chi connectivity index (χ1n) is 9.99. The van der Waals surface area contributed by atoms with Gasteiger partial charge in [0.15, 0.2) is 0 Å². The highest BCUT2D eigenvalue weighted by Gasteiger charge is 2.24. The monoisotopic (exact) mass is 394 g/mol. The van der Waals surface area contributed by atoms with E-state index in [-0.39, 0.29) is 18.1 Å². The zero-order valence-corrected chi connectivity index (χ0v) is 16.9. The van der Waals surface area contributed by atoms with E-state index >= 15 is 0 Å². The van der Waals surface area contributed by atoms with E-state index in [0.717, 1.165) is 35.6 Å². The number of carbonyl (C=O) groups excluding carboxylic acids is 1. The average Bonchev–Trinajstić information content (AvgIpc) is 3.00. The van der Waals surface area contributed by atoms with Crippen molar-refractivity contribution in [3.8, 4) is 5.75 Å². The van der Waals surface area contributed by atoms with Gasteiger partial charge < -0.3 is 14.5 Å². The third-order valence-corrected chi connectivity index (χ3v) is 5.48. The molecule has 1 aromatic heterocycles. The molecule has 0 unspecified atom stereocenters. The zero-order chi connectivity index (χ0) is 20.4. The summed E-state index contributed by atoms with van der Waals surface area (Å²) < 4.78 is 8.89. The molecule has 1 saturated heterocycles. The average molecular weight is 394 g/mol. The topological polar surface area (TPSA) is 59.7 Å². The smallest absolute Gasteiger partial charge is 0.329 e. The number of aromatic nitrogens is 2. The number of amides is 1. The largest absolute Gasteiger partial charge is 0.492 e. The molecule has 2 aromatic carbocycles. The Morgan fingerprint density at radius 1 is 0.966 bits per heavy atom. The van der Waals surface area contributed by atoms with Crippen molar-refractivity contribution < 1.29 is 9.53 Å². The van der Waals surface area contributed by atoms with Gasteiger partial charge in [-0.2, -0.15) is 0 Å². The molecule has 7 nitrogen and oxygen atoms in total. The van der Waals surface area contributed by atoms with Crippen molar-refractivity contribution in [2.45, 2.75) is 13.5 Å². The Hall–Kier alpha value is -3.22. The van der Waals surface area contributed by atoms with Crippen LogP contribution in [0, 0.1) is 0 Å². The Morgan fingerprint density at radius 2 is 1.62 bits per heavy atom. The van der Waals surface area contributed by atoms with Crippen LogP contribution >= 0.6 is 0 Å². The molecule has 152 valence electrons. The number of anilines is 1. The van der Waals surface area contributed by atoms with Gasteiger partial charge in [-0.15, -0.1) is 0 Å². The van der Waals surface area contributed by atoms with Crippen LogP contribution in [0.2, 0.25) is 0 Å². The molecular formula is C22H26N4O3. The fourth-order valence-corrected chi connectivity index (χ4v) is 3.94. The van der Waals surface area contributed by atoms with Gasteiger partial charge in [0, 0.05) is 33.2 Å². The molecule has 2 heterocycles. The molecule has 7 heteroatoms. The summed E-state index contributed by atoms with van der Waals surface area (Å²) in [5.41, 5.74) is 2.52. The first kappa shape index (κ1) is 19.1. The summed E-state index contributed by atoms with van der Waals surface area (Å²) in [5, 5.41) is 0. The predicted octanol–water partition coefficient (Wildman–Crippen LogP) is 2.09. The molecule has 1 aliphatic heterocycles. The molecule has 3 aromatic rings. The van der Waals surface area contributed by atoms with Crippen LogP contribution in [0.1, 0.15) is 6.92 Å². The molecular weight excluding hydrogens is 368 g/mol. The summed E-state index contributed by atoms with van der Waals surface area (Å²) in [6, 6.07) is 15.6. The van der Waals surface area contributed by atoms with Crippen molar-refractivity contribution in [3.05, 3.63) is 59.0 Å². The molecule has 0 saturated carbocycles. The van der Waals surface area contributed by atoms with E-state index in [0.29, 0.717) is 19.7 Å². The number of carbonyl (C=O) groups is 1. The second-order valence-corrected chi connectivity index (χ2v) is 7.19. The van der Waals surface area contributed by atoms with Crippen LogP contribution in [0.25, 0.3) is 11.0 Å². The lowest BCUT2D eigenvalue weighted by atomic mass is 10.2. The zero-order valence-electron chi connectivity index (χ0n) is 16.9. The summed E-state index contributed by atoms with van der Waals surface area (Å²) in [5.74, 6) is 0.846. The molecule has 29 heavy (non-hydrogen) atoms. The fraction of sp³-hybridized carbons (Fsp3) is 0.364. The molecule has 0 spiro atoms. The molecule has 1 amide bonds. The van der Waals surface area contributed by atoms with E-state index in [9.17, 15) is 9.59 Å². The van der Waals surface area contributed by atoms with Crippen LogP contribution in [0.15, 0.2) is 53.3 Å². The summed E-state index contributed by atoms with van der Waals surface area (Å²) >= 11 is 0. The second-order valence-electron chi connectivity index (χ2n) is 7.19. The van der Waals surface area contributed by atoms with Gasteiger partial charge in [0.25, 0.3) is 0 Å². The number of hydrogen-bond donors (Lipinski definition) is 0. The Morgan fingerprint density at radius 3 is 2.34 bits per heavy atom. The Labute approximate surface area is 169 Å². The maximum Gasteiger partial charge on any atom is 0.329 e. The quantitative estimate of drug-likeness (QED) is 0.665. The van der Waals surface area contributed by atoms with E-state index in [1.807, 2.05) is 54.3 Å². The molecule has 0 N–H and O–H groups in total. The number of para-hydroxylation sites is 4. The van der Waals surface area contributed by atoms with Gasteiger partial charge in [0.1, 0.15) is 12.3 Å². The highest BCUT2D eigenvalue weighted by atomic mass is 16.5. The Bertz CT molecular complexity index is 1080. The summed E-state index contributed by atoms with van der Waals surface area (Å²) in [6.07, 6.45) is 0. The number of benzene rings is 2. The van der Waals surface area contributed by atoms with Crippen LogP contribution < -0.4 is 15.3 Å². The Balaban J connectivity index is 1.46. The number of nitrogens with zero attached hydrogens (tertiary/aromatic N) is 4. The summed E-state index contributed by atoms with van der Waals surface area (Å²) in [6.45, 7) is 5.38. The van der Waals surface area contributed by atoms with E-state index in [1.165, 1.54) is 0 Å². The molecule has 0 aliphatic carbocycles. The van der Waals surface area contributed by atoms with E-state index in [2.05, 4.69) is 11.0 Å². The first-order chi connectivity index (χ1) is 14.1. The van der Waals surface area contributed by atoms with E-state index in [1.54, 1.807) is 16.2 Å². The van der Waals surface area contributed by atoms with Crippen molar-refractivity contribution in [1.29, 1.82) is 0 Å². The van der Waals surface area contributed by atoms with Gasteiger partial charge >= 0.3 is 5.69 Å². The first-order valence-corrected chi connectivity index (χ1v) is 9.99. The number of aryl methyl sites for hydroxylation is 1. The highest BCUT2D eigenvalue weighted by molar-refractivity contribution is 5.81. The van der Waals surface area contributed by atoms with Crippen molar-refractivity contribution >= 4 is 22.6 Å². The molecule has 0 atom stereocenters. The van der Waals surface area contributed by atoms with Crippen LogP contribution in [0.3, 0.4) is 0 Å². The third-order valence-electron chi connectivity index (χ3n) is 5.48. The van der Waals surface area contributed by atoms with Gasteiger partial charge in [-0.1, -0.05) is 24.3 Å². The molecule has 0 radical (unpaired) electrons. The lowest BCUT2D eigenvalue weighted by Crippen LogP contribution is -2.50. The molecule has 1 aliphatic rings. The van der Waals surface area contributed by atoms with Crippen LogP contribution in [0.5, 0.6) is 5.75 Å². The van der Waals surface area contributed by atoms with Crippen molar-refractivity contribution in [1.82, 2.24) is 14.0 Å². The van der Waals surface area contributed by atoms with Crippen LogP contribution in [-0.4, -0.2) is 52.7 Å². The summed E-state index contributed by atoms with van der Waals surface area (Å²) in [7, 11) is 1.74. The van der Waals surface area contributed by atoms with Gasteiger partial charge in [-0.25, -0.2) is 4.79 Å². The predicted molar refractivity (Wildman–Crippen MR) is 114 cm³/mol. The lowest BCUT2D eigenvalue weighted by molar-refractivity contribution is -0.132. The standard InChI is InChI=1S/C22H26N4O3/c1-3-29-20-11-7-6-10-19(20)24-12-14-25(15-13-24)21(27)16-26-18-9-5-4-8-17(18)23(2)22(26)28/h4-11H,3,12-16H2,1-2H3. The maximum atomic E-state index is 12.9. The van der Waals surface area contributed by atoms with Gasteiger partial charge in [-0.3, -0.25) is 13.9 Å². The number of piperazine rings is 1. The van der Waals surface area contributed by atoms with E-state index in [4.69, 9.17) is 4.74 Å². The minimum absolute atomic E-state index is 0.0267. The minimum Gasteiger partial charge on any atom is -0.492 e. The minimum atomic E-state index is -0.163. The molecule has 0 bridgehead atoms. The number of imidazole rings is 1. The van der Waals surface area contributed by atoms with Gasteiger partial charge in [0.05, 0.1) is 23.3 Å². The molecule has 4 rings (SSSR count). The Kier molecular flexibility index (Phi) is 5.29. The second kappa shape index (κ2) is 8.03. The lowest BCUT2D eigenvalue weighted by Gasteiger charge is -2.36. The normalized spacial score (nSPS) is 14.4. The number of ether oxygens (including phenoxy) is 1.